The summed E-state index contributed by atoms with van der Waals surface area (Å²) in [5.74, 6) is 2.11. The van der Waals surface area contributed by atoms with Crippen LogP contribution in [0.5, 0.6) is 0 Å². The predicted octanol–water partition coefficient (Wildman–Crippen LogP) is 4.35. The van der Waals surface area contributed by atoms with Crippen LogP contribution in [0.1, 0.15) is 55.6 Å². The Balaban J connectivity index is 1.71. The fourth-order valence-electron chi connectivity index (χ4n) is 3.56. The summed E-state index contributed by atoms with van der Waals surface area (Å²) < 4.78 is 1.88. The van der Waals surface area contributed by atoms with Gasteiger partial charge in [0.15, 0.2) is 0 Å². The minimum Gasteiger partial charge on any atom is -0.291 e. The Bertz CT molecular complexity index is 1180. The maximum Gasteiger partial charge on any atom is 0.217 e. The molecule has 4 rings (SSSR count). The number of nitrogens with zero attached hydrogens (tertiary/aromatic N) is 6. The Morgan fingerprint density at radius 1 is 1.09 bits per heavy atom. The number of hydrogen-bond donors (Lipinski definition) is 1. The van der Waals surface area contributed by atoms with Gasteiger partial charge in [-0.2, -0.15) is 5.21 Å². The van der Waals surface area contributed by atoms with E-state index in [0.29, 0.717) is 30.4 Å². The molecule has 2 aromatic heterocycles. The number of carbonyl (C=O) groups excluding carboxylic acids is 1. The first-order chi connectivity index (χ1) is 15.5. The number of hydrogen-bond acceptors (Lipinski definition) is 6. The predicted molar refractivity (Wildman–Crippen MR) is 122 cm³/mol. The average molecular weight is 430 g/mol. The van der Waals surface area contributed by atoms with Gasteiger partial charge in [-0.1, -0.05) is 63.2 Å². The summed E-state index contributed by atoms with van der Waals surface area (Å²) in [5, 5.41) is 19.2. The number of benzene rings is 2. The molecule has 0 unspecified atom stereocenters. The first-order valence-corrected chi connectivity index (χ1v) is 10.9. The van der Waals surface area contributed by atoms with Crippen LogP contribution in [-0.2, 0) is 13.0 Å². The van der Waals surface area contributed by atoms with E-state index in [-0.39, 0.29) is 5.78 Å². The topological polar surface area (TPSA) is 102 Å². The second kappa shape index (κ2) is 9.64. The zero-order valence-corrected chi connectivity index (χ0v) is 18.6. The highest BCUT2D eigenvalue weighted by molar-refractivity contribution is 5.92. The van der Waals surface area contributed by atoms with Crippen molar-refractivity contribution in [3.8, 4) is 22.5 Å². The monoisotopic (exact) mass is 429 g/mol. The van der Waals surface area contributed by atoms with Gasteiger partial charge in [-0.3, -0.25) is 4.79 Å². The van der Waals surface area contributed by atoms with Crippen LogP contribution in [0.15, 0.2) is 48.5 Å². The molecule has 8 nitrogen and oxygen atoms in total. The van der Waals surface area contributed by atoms with E-state index in [2.05, 4.69) is 74.9 Å². The number of tetrazole rings is 1. The summed E-state index contributed by atoms with van der Waals surface area (Å²) >= 11 is 0. The SMILES string of the molecule is CCC(=O)c1nc(Cc2ccc(-c3ccccc3)c(-c3nn[nH]n3)c2)n(CCC(C)C)n1. The van der Waals surface area contributed by atoms with Gasteiger partial charge in [0, 0.05) is 24.9 Å². The van der Waals surface area contributed by atoms with E-state index in [1.165, 1.54) is 0 Å². The Morgan fingerprint density at radius 3 is 2.59 bits per heavy atom. The molecular formula is C24H27N7O. The Labute approximate surface area is 187 Å². The number of nitrogens with one attached hydrogen (secondary N) is 1. The summed E-state index contributed by atoms with van der Waals surface area (Å²) in [7, 11) is 0. The zero-order valence-electron chi connectivity index (χ0n) is 18.6. The van der Waals surface area contributed by atoms with Gasteiger partial charge in [-0.25, -0.2) is 9.67 Å². The number of aromatic nitrogens is 7. The van der Waals surface area contributed by atoms with Gasteiger partial charge in [0.1, 0.15) is 5.82 Å². The third-order valence-electron chi connectivity index (χ3n) is 5.35. The highest BCUT2D eigenvalue weighted by atomic mass is 16.1. The third-order valence-corrected chi connectivity index (χ3v) is 5.35. The number of aromatic amines is 1. The lowest BCUT2D eigenvalue weighted by Crippen LogP contribution is -2.09. The van der Waals surface area contributed by atoms with Crippen molar-refractivity contribution in [1.82, 2.24) is 35.4 Å². The van der Waals surface area contributed by atoms with E-state index in [0.717, 1.165) is 41.0 Å². The molecule has 0 bridgehead atoms. The van der Waals surface area contributed by atoms with E-state index in [4.69, 9.17) is 0 Å². The molecule has 0 aliphatic carbocycles. The smallest absolute Gasteiger partial charge is 0.217 e. The Hall–Kier alpha value is -3.68. The summed E-state index contributed by atoms with van der Waals surface area (Å²) in [4.78, 5) is 16.8. The van der Waals surface area contributed by atoms with Gasteiger partial charge < -0.3 is 0 Å². The van der Waals surface area contributed by atoms with Crippen LogP contribution in [0.25, 0.3) is 22.5 Å². The average Bonchev–Trinajstić information content (AvgIpc) is 3.48. The molecule has 0 radical (unpaired) electrons. The number of rotatable bonds is 9. The minimum atomic E-state index is -0.0403. The fraction of sp³-hybridized carbons (Fsp3) is 0.333. The maximum atomic E-state index is 12.2. The number of aryl methyl sites for hydroxylation is 1. The molecule has 0 atom stereocenters. The summed E-state index contributed by atoms with van der Waals surface area (Å²) in [6.07, 6.45) is 1.92. The maximum absolute atomic E-state index is 12.2. The lowest BCUT2D eigenvalue weighted by Gasteiger charge is -2.11. The first-order valence-electron chi connectivity index (χ1n) is 10.9. The van der Waals surface area contributed by atoms with Crippen molar-refractivity contribution >= 4 is 5.78 Å². The van der Waals surface area contributed by atoms with Crippen molar-refractivity contribution < 1.29 is 4.79 Å². The summed E-state index contributed by atoms with van der Waals surface area (Å²) in [6.45, 7) is 6.91. The first kappa shape index (κ1) is 21.5. The molecule has 164 valence electrons. The standard InChI is InChI=1S/C24H27N7O/c1-4-21(32)24-25-22(31(28-24)13-12-16(2)3)15-17-10-11-19(18-8-6-5-7-9-18)20(14-17)23-26-29-30-27-23/h5-11,14,16H,4,12-13,15H2,1-3H3,(H,26,27,29,30). The second-order valence-electron chi connectivity index (χ2n) is 8.19. The quantitative estimate of drug-likeness (QED) is 0.397. The highest BCUT2D eigenvalue weighted by Crippen LogP contribution is 2.31. The molecule has 0 saturated carbocycles. The van der Waals surface area contributed by atoms with Crippen LogP contribution >= 0.6 is 0 Å². The molecule has 2 aromatic carbocycles. The van der Waals surface area contributed by atoms with Gasteiger partial charge in [0.25, 0.3) is 0 Å². The number of ketones is 1. The van der Waals surface area contributed by atoms with E-state index in [1.807, 2.05) is 29.8 Å². The van der Waals surface area contributed by atoms with E-state index < -0.39 is 0 Å². The minimum absolute atomic E-state index is 0.0403. The third kappa shape index (κ3) is 4.80. The van der Waals surface area contributed by atoms with Crippen molar-refractivity contribution in [2.24, 2.45) is 5.92 Å². The van der Waals surface area contributed by atoms with E-state index in [9.17, 15) is 4.79 Å². The van der Waals surface area contributed by atoms with Crippen LogP contribution in [-0.4, -0.2) is 41.2 Å². The molecule has 32 heavy (non-hydrogen) atoms. The van der Waals surface area contributed by atoms with Crippen LogP contribution in [0.3, 0.4) is 0 Å². The lowest BCUT2D eigenvalue weighted by molar-refractivity contribution is 0.0978. The Morgan fingerprint density at radius 2 is 1.91 bits per heavy atom. The van der Waals surface area contributed by atoms with Crippen LogP contribution in [0.2, 0.25) is 0 Å². The van der Waals surface area contributed by atoms with Gasteiger partial charge in [-0.15, -0.1) is 15.3 Å². The summed E-state index contributed by atoms with van der Waals surface area (Å²) in [6, 6.07) is 16.3. The molecule has 2 heterocycles. The Kier molecular flexibility index (Phi) is 6.49. The number of H-pyrrole nitrogens is 1. The molecule has 0 spiro atoms. The molecule has 0 saturated heterocycles. The molecule has 8 heteroatoms. The van der Waals surface area contributed by atoms with Crippen LogP contribution in [0, 0.1) is 5.92 Å². The number of carbonyl (C=O) groups is 1. The van der Waals surface area contributed by atoms with Crippen molar-refractivity contribution in [3.05, 3.63) is 65.7 Å². The van der Waals surface area contributed by atoms with Crippen molar-refractivity contribution in [1.29, 1.82) is 0 Å². The van der Waals surface area contributed by atoms with Gasteiger partial charge in [-0.05, 0) is 40.3 Å². The molecule has 1 N–H and O–H groups in total. The summed E-state index contributed by atoms with van der Waals surface area (Å²) in [5.41, 5.74) is 4.03. The van der Waals surface area contributed by atoms with E-state index in [1.54, 1.807) is 0 Å². The largest absolute Gasteiger partial charge is 0.291 e. The number of Topliss-reactive ketones (excluding diaryl/α,β-unsaturated/α-hetero) is 1. The van der Waals surface area contributed by atoms with Crippen LogP contribution in [0.4, 0.5) is 0 Å². The van der Waals surface area contributed by atoms with Gasteiger partial charge in [0.2, 0.25) is 17.4 Å². The van der Waals surface area contributed by atoms with Crippen molar-refractivity contribution in [3.63, 3.8) is 0 Å². The van der Waals surface area contributed by atoms with Gasteiger partial charge >= 0.3 is 0 Å². The molecule has 0 aliphatic rings. The normalized spacial score (nSPS) is 11.2. The second-order valence-corrected chi connectivity index (χ2v) is 8.19. The molecule has 0 amide bonds. The fourth-order valence-corrected chi connectivity index (χ4v) is 3.56. The van der Waals surface area contributed by atoms with Crippen molar-refractivity contribution in [2.75, 3.05) is 0 Å². The zero-order chi connectivity index (χ0) is 22.5. The molecule has 0 aliphatic heterocycles. The highest BCUT2D eigenvalue weighted by Gasteiger charge is 2.17. The molecular weight excluding hydrogens is 402 g/mol. The van der Waals surface area contributed by atoms with Gasteiger partial charge in [0.05, 0.1) is 0 Å². The molecule has 4 aromatic rings. The lowest BCUT2D eigenvalue weighted by atomic mass is 9.96. The van der Waals surface area contributed by atoms with Crippen molar-refractivity contribution in [2.45, 2.75) is 46.6 Å². The molecule has 0 fully saturated rings. The van der Waals surface area contributed by atoms with E-state index >= 15 is 0 Å². The van der Waals surface area contributed by atoms with Crippen LogP contribution < -0.4 is 0 Å².